The molecule has 3 heterocycles. The van der Waals surface area contributed by atoms with E-state index in [9.17, 15) is 0 Å². The Balaban J connectivity index is 1.70. The van der Waals surface area contributed by atoms with E-state index < -0.39 is 0 Å². The van der Waals surface area contributed by atoms with Crippen molar-refractivity contribution in [1.29, 1.82) is 0 Å². The summed E-state index contributed by atoms with van der Waals surface area (Å²) in [5, 5.41) is 7.51. The molecule has 7 nitrogen and oxygen atoms in total. The molecule has 3 aromatic rings. The van der Waals surface area contributed by atoms with Gasteiger partial charge in [-0.2, -0.15) is 14.6 Å². The highest BCUT2D eigenvalue weighted by molar-refractivity contribution is 5.63. The van der Waals surface area contributed by atoms with E-state index >= 15 is 0 Å². The fourth-order valence-electron chi connectivity index (χ4n) is 2.41. The summed E-state index contributed by atoms with van der Waals surface area (Å²) in [6, 6.07) is 7.71. The van der Waals surface area contributed by atoms with Crippen LogP contribution in [-0.2, 0) is 0 Å². The van der Waals surface area contributed by atoms with E-state index in [0.717, 1.165) is 35.1 Å². The number of nitrogens with one attached hydrogen (secondary N) is 1. The van der Waals surface area contributed by atoms with Crippen LogP contribution in [-0.4, -0.2) is 32.8 Å². The van der Waals surface area contributed by atoms with Gasteiger partial charge >= 0.3 is 0 Å². The molecule has 0 aliphatic carbocycles. The second kappa shape index (κ2) is 5.18. The number of nitrogens with zero attached hydrogens (tertiary/aromatic N) is 4. The third-order valence-electron chi connectivity index (χ3n) is 3.40. The zero-order chi connectivity index (χ0) is 14.9. The quantitative estimate of drug-likeness (QED) is 0.782. The van der Waals surface area contributed by atoms with Crippen LogP contribution in [0.5, 0.6) is 11.5 Å². The van der Waals surface area contributed by atoms with E-state index in [1.165, 1.54) is 6.33 Å². The first-order chi connectivity index (χ1) is 10.8. The van der Waals surface area contributed by atoms with Gasteiger partial charge in [-0.05, 0) is 19.1 Å². The predicted molar refractivity (Wildman–Crippen MR) is 80.9 cm³/mol. The molecular weight excluding hydrogens is 282 g/mol. The largest absolute Gasteiger partial charge is 0.490 e. The van der Waals surface area contributed by atoms with Crippen LogP contribution in [0.1, 0.15) is 12.1 Å². The van der Waals surface area contributed by atoms with E-state index in [-0.39, 0.29) is 0 Å². The summed E-state index contributed by atoms with van der Waals surface area (Å²) in [6.07, 6.45) is 2.38. The van der Waals surface area contributed by atoms with Gasteiger partial charge in [0.2, 0.25) is 0 Å². The number of ether oxygens (including phenoxy) is 2. The van der Waals surface area contributed by atoms with Gasteiger partial charge in [0.1, 0.15) is 12.1 Å². The minimum atomic E-state index is 0.567. The molecule has 0 saturated carbocycles. The fourth-order valence-corrected chi connectivity index (χ4v) is 2.41. The summed E-state index contributed by atoms with van der Waals surface area (Å²) < 4.78 is 13.0. The Morgan fingerprint density at radius 1 is 1.14 bits per heavy atom. The van der Waals surface area contributed by atoms with Crippen LogP contribution in [0.2, 0.25) is 0 Å². The summed E-state index contributed by atoms with van der Waals surface area (Å²) in [7, 11) is 0. The number of hydrogen-bond acceptors (Lipinski definition) is 6. The van der Waals surface area contributed by atoms with Gasteiger partial charge in [0, 0.05) is 29.9 Å². The van der Waals surface area contributed by atoms with Crippen molar-refractivity contribution in [3.63, 3.8) is 0 Å². The molecule has 2 aromatic heterocycles. The van der Waals surface area contributed by atoms with Crippen molar-refractivity contribution in [2.75, 3.05) is 18.5 Å². The van der Waals surface area contributed by atoms with E-state index in [2.05, 4.69) is 20.4 Å². The van der Waals surface area contributed by atoms with Gasteiger partial charge < -0.3 is 14.8 Å². The lowest BCUT2D eigenvalue weighted by molar-refractivity contribution is 0.297. The second-order valence-electron chi connectivity index (χ2n) is 5.09. The Bertz CT molecular complexity index is 830. The number of aryl methyl sites for hydroxylation is 1. The maximum Gasteiger partial charge on any atom is 0.254 e. The monoisotopic (exact) mass is 297 g/mol. The molecule has 112 valence electrons. The molecule has 0 spiro atoms. The Labute approximate surface area is 126 Å². The molecule has 0 fully saturated rings. The first kappa shape index (κ1) is 12.9. The number of anilines is 2. The van der Waals surface area contributed by atoms with Crippen LogP contribution in [0.15, 0.2) is 30.6 Å². The average molecular weight is 297 g/mol. The maximum atomic E-state index is 5.71. The van der Waals surface area contributed by atoms with E-state index in [1.807, 2.05) is 31.2 Å². The molecule has 1 N–H and O–H groups in total. The van der Waals surface area contributed by atoms with Crippen LogP contribution in [0, 0.1) is 6.92 Å². The van der Waals surface area contributed by atoms with Gasteiger partial charge in [0.25, 0.3) is 5.78 Å². The third-order valence-corrected chi connectivity index (χ3v) is 3.40. The number of hydrogen-bond donors (Lipinski definition) is 1. The molecule has 1 aromatic carbocycles. The van der Waals surface area contributed by atoms with Crippen LogP contribution in [0.4, 0.5) is 11.5 Å². The van der Waals surface area contributed by atoms with Crippen LogP contribution in [0.25, 0.3) is 5.78 Å². The van der Waals surface area contributed by atoms with Crippen molar-refractivity contribution in [1.82, 2.24) is 19.6 Å². The first-order valence-corrected chi connectivity index (χ1v) is 7.14. The normalized spacial score (nSPS) is 13.9. The summed E-state index contributed by atoms with van der Waals surface area (Å²) in [5.41, 5.74) is 1.77. The summed E-state index contributed by atoms with van der Waals surface area (Å²) in [4.78, 5) is 8.45. The zero-order valence-electron chi connectivity index (χ0n) is 12.1. The summed E-state index contributed by atoms with van der Waals surface area (Å²) in [5.74, 6) is 2.90. The van der Waals surface area contributed by atoms with Crippen molar-refractivity contribution in [2.24, 2.45) is 0 Å². The highest BCUT2D eigenvalue weighted by atomic mass is 16.5. The van der Waals surface area contributed by atoms with E-state index in [1.54, 1.807) is 4.52 Å². The Hall–Kier alpha value is -2.83. The fraction of sp³-hybridized carbons (Fsp3) is 0.267. The van der Waals surface area contributed by atoms with Gasteiger partial charge in [-0.25, -0.2) is 4.98 Å². The zero-order valence-corrected chi connectivity index (χ0v) is 12.1. The molecule has 0 saturated heterocycles. The molecule has 0 unspecified atom stereocenters. The smallest absolute Gasteiger partial charge is 0.254 e. The molecule has 0 amide bonds. The van der Waals surface area contributed by atoms with Crippen LogP contribution >= 0.6 is 0 Å². The average Bonchev–Trinajstić information content (AvgIpc) is 2.85. The minimum absolute atomic E-state index is 0.567. The Kier molecular flexibility index (Phi) is 3.03. The minimum Gasteiger partial charge on any atom is -0.490 e. The maximum absolute atomic E-state index is 5.71. The first-order valence-electron chi connectivity index (χ1n) is 7.14. The SMILES string of the molecule is Cc1cc(Nc2ccc3c(c2)OCCCO3)n2ncnc2n1. The van der Waals surface area contributed by atoms with Crippen molar-refractivity contribution >= 4 is 17.3 Å². The topological polar surface area (TPSA) is 73.6 Å². The Morgan fingerprint density at radius 2 is 2.00 bits per heavy atom. The van der Waals surface area contributed by atoms with Gasteiger partial charge in [0.15, 0.2) is 11.5 Å². The molecule has 1 aliphatic rings. The third kappa shape index (κ3) is 2.30. The lowest BCUT2D eigenvalue weighted by Crippen LogP contribution is -2.03. The van der Waals surface area contributed by atoms with Gasteiger partial charge in [-0.3, -0.25) is 0 Å². The number of aromatic nitrogens is 4. The highest BCUT2D eigenvalue weighted by Crippen LogP contribution is 2.33. The molecule has 1 aliphatic heterocycles. The van der Waals surface area contributed by atoms with Crippen molar-refractivity contribution in [2.45, 2.75) is 13.3 Å². The van der Waals surface area contributed by atoms with Crippen molar-refractivity contribution in [3.05, 3.63) is 36.3 Å². The van der Waals surface area contributed by atoms with Gasteiger partial charge in [0.05, 0.1) is 13.2 Å². The summed E-state index contributed by atoms with van der Waals surface area (Å²) >= 11 is 0. The summed E-state index contributed by atoms with van der Waals surface area (Å²) in [6.45, 7) is 3.27. The lowest BCUT2D eigenvalue weighted by atomic mass is 10.2. The molecule has 4 rings (SSSR count). The number of rotatable bonds is 2. The molecule has 22 heavy (non-hydrogen) atoms. The second-order valence-corrected chi connectivity index (χ2v) is 5.09. The standard InChI is InChI=1S/C15H15N5O2/c1-10-7-14(20-15(18-10)16-9-17-20)19-11-3-4-12-13(8-11)22-6-2-5-21-12/h3-4,7-9,19H,2,5-6H2,1H3. The highest BCUT2D eigenvalue weighted by Gasteiger charge is 2.12. The van der Waals surface area contributed by atoms with E-state index in [4.69, 9.17) is 9.47 Å². The molecule has 0 atom stereocenters. The van der Waals surface area contributed by atoms with Crippen molar-refractivity contribution in [3.8, 4) is 11.5 Å². The Morgan fingerprint density at radius 3 is 2.91 bits per heavy atom. The predicted octanol–water partition coefficient (Wildman–Crippen LogP) is 2.34. The van der Waals surface area contributed by atoms with Gasteiger partial charge in [-0.1, -0.05) is 0 Å². The molecule has 0 radical (unpaired) electrons. The van der Waals surface area contributed by atoms with Crippen molar-refractivity contribution < 1.29 is 9.47 Å². The van der Waals surface area contributed by atoms with E-state index in [0.29, 0.717) is 19.0 Å². The van der Waals surface area contributed by atoms with Crippen LogP contribution in [0.3, 0.4) is 0 Å². The van der Waals surface area contributed by atoms with Crippen LogP contribution < -0.4 is 14.8 Å². The van der Waals surface area contributed by atoms with Gasteiger partial charge in [-0.15, -0.1) is 0 Å². The lowest BCUT2D eigenvalue weighted by Gasteiger charge is -2.12. The number of benzene rings is 1. The molecule has 7 heteroatoms. The number of fused-ring (bicyclic) bond motifs is 2. The molecule has 0 bridgehead atoms. The molecular formula is C15H15N5O2.